The molecule has 0 spiro atoms. The first kappa shape index (κ1) is 13.6. The molecular weight excluding hydrogens is 214 g/mol. The average molecular weight is 236 g/mol. The minimum atomic E-state index is 0.115. The zero-order valence-corrected chi connectivity index (χ0v) is 10.9. The van der Waals surface area contributed by atoms with Gasteiger partial charge >= 0.3 is 0 Å². The molecule has 1 aromatic rings. The Bertz CT molecular complexity index is 338. The maximum Gasteiger partial charge on any atom is 0.219 e. The number of nitrogens with zero attached hydrogens (tertiary/aromatic N) is 2. The molecule has 1 N–H and O–H groups in total. The van der Waals surface area contributed by atoms with Crippen molar-refractivity contribution in [3.05, 3.63) is 30.1 Å². The van der Waals surface area contributed by atoms with Gasteiger partial charge in [0.25, 0.3) is 0 Å². The molecule has 1 heterocycles. The fourth-order valence-corrected chi connectivity index (χ4v) is 1.66. The van der Waals surface area contributed by atoms with Crippen LogP contribution in [0, 0.1) is 0 Å². The third kappa shape index (κ3) is 5.45. The number of quaternary nitrogens is 1. The number of rotatable bonds is 6. The third-order valence-corrected chi connectivity index (χ3v) is 2.63. The molecule has 4 nitrogen and oxygen atoms in total. The molecule has 0 aromatic carbocycles. The van der Waals surface area contributed by atoms with E-state index in [0.29, 0.717) is 6.54 Å². The molecule has 0 saturated heterocycles. The lowest BCUT2D eigenvalue weighted by Crippen LogP contribution is -3.05. The van der Waals surface area contributed by atoms with Crippen LogP contribution in [0.4, 0.5) is 0 Å². The Morgan fingerprint density at radius 2 is 2.18 bits per heavy atom. The summed E-state index contributed by atoms with van der Waals surface area (Å²) >= 11 is 0. The van der Waals surface area contributed by atoms with Gasteiger partial charge in [-0.05, 0) is 12.1 Å². The summed E-state index contributed by atoms with van der Waals surface area (Å²) in [6, 6.07) is 5.79. The topological polar surface area (TPSA) is 37.6 Å². The molecule has 0 radical (unpaired) electrons. The van der Waals surface area contributed by atoms with Crippen LogP contribution in [0.3, 0.4) is 0 Å². The highest BCUT2D eigenvalue weighted by molar-refractivity contribution is 5.73. The van der Waals surface area contributed by atoms with E-state index in [-0.39, 0.29) is 5.91 Å². The van der Waals surface area contributed by atoms with Crippen LogP contribution in [-0.4, -0.2) is 43.0 Å². The standard InChI is InChI=1S/C13H21N3O/c1-12(17)16(10-6-9-15(2)3)11-13-7-4-5-8-14-13/h4-5,7-8H,6,9-11H2,1-3H3/p+1. The van der Waals surface area contributed by atoms with Crippen molar-refractivity contribution in [1.29, 1.82) is 0 Å². The minimum Gasteiger partial charge on any atom is -0.340 e. The van der Waals surface area contributed by atoms with Crippen molar-refractivity contribution in [2.24, 2.45) is 0 Å². The highest BCUT2D eigenvalue weighted by Gasteiger charge is 2.10. The van der Waals surface area contributed by atoms with E-state index < -0.39 is 0 Å². The van der Waals surface area contributed by atoms with Gasteiger partial charge < -0.3 is 9.80 Å². The van der Waals surface area contributed by atoms with E-state index in [1.807, 2.05) is 23.1 Å². The van der Waals surface area contributed by atoms with Crippen LogP contribution in [0.5, 0.6) is 0 Å². The van der Waals surface area contributed by atoms with Gasteiger partial charge in [-0.25, -0.2) is 0 Å². The summed E-state index contributed by atoms with van der Waals surface area (Å²) in [7, 11) is 4.24. The van der Waals surface area contributed by atoms with Gasteiger partial charge in [-0.1, -0.05) is 6.07 Å². The second-order valence-corrected chi connectivity index (χ2v) is 4.57. The van der Waals surface area contributed by atoms with E-state index in [4.69, 9.17) is 0 Å². The Labute approximate surface area is 103 Å². The van der Waals surface area contributed by atoms with Crippen molar-refractivity contribution in [3.8, 4) is 0 Å². The minimum absolute atomic E-state index is 0.115. The zero-order valence-electron chi connectivity index (χ0n) is 10.9. The summed E-state index contributed by atoms with van der Waals surface area (Å²) in [4.78, 5) is 19.0. The van der Waals surface area contributed by atoms with E-state index in [1.54, 1.807) is 13.1 Å². The second-order valence-electron chi connectivity index (χ2n) is 4.57. The molecule has 1 rings (SSSR count). The number of hydrogen-bond acceptors (Lipinski definition) is 2. The number of nitrogens with one attached hydrogen (secondary N) is 1. The molecule has 0 saturated carbocycles. The summed E-state index contributed by atoms with van der Waals surface area (Å²) in [5.41, 5.74) is 0.944. The van der Waals surface area contributed by atoms with E-state index >= 15 is 0 Å². The highest BCUT2D eigenvalue weighted by Crippen LogP contribution is 2.02. The third-order valence-electron chi connectivity index (χ3n) is 2.63. The van der Waals surface area contributed by atoms with Gasteiger partial charge in [-0.15, -0.1) is 0 Å². The van der Waals surface area contributed by atoms with E-state index in [1.165, 1.54) is 4.90 Å². The number of pyridine rings is 1. The largest absolute Gasteiger partial charge is 0.340 e. The number of hydrogen-bond donors (Lipinski definition) is 1. The Hall–Kier alpha value is -1.42. The molecule has 4 heteroatoms. The van der Waals surface area contributed by atoms with Crippen molar-refractivity contribution in [1.82, 2.24) is 9.88 Å². The molecule has 0 aliphatic carbocycles. The molecule has 0 aliphatic rings. The van der Waals surface area contributed by atoms with Crippen LogP contribution >= 0.6 is 0 Å². The predicted octanol–water partition coefficient (Wildman–Crippen LogP) is -0.0353. The Balaban J connectivity index is 2.47. The highest BCUT2D eigenvalue weighted by atomic mass is 16.2. The van der Waals surface area contributed by atoms with Gasteiger partial charge in [0, 0.05) is 26.1 Å². The second kappa shape index (κ2) is 7.01. The average Bonchev–Trinajstić information content (AvgIpc) is 2.28. The first-order valence-corrected chi connectivity index (χ1v) is 6.04. The van der Waals surface area contributed by atoms with Crippen molar-refractivity contribution in [2.45, 2.75) is 19.9 Å². The Morgan fingerprint density at radius 1 is 1.41 bits per heavy atom. The quantitative estimate of drug-likeness (QED) is 0.753. The molecule has 0 fully saturated rings. The molecule has 17 heavy (non-hydrogen) atoms. The molecule has 0 aliphatic heterocycles. The summed E-state index contributed by atoms with van der Waals surface area (Å²) in [6.07, 6.45) is 2.78. The fraction of sp³-hybridized carbons (Fsp3) is 0.538. The van der Waals surface area contributed by atoms with Crippen LogP contribution in [0.2, 0.25) is 0 Å². The van der Waals surface area contributed by atoms with Crippen LogP contribution in [0.1, 0.15) is 19.0 Å². The molecule has 0 unspecified atom stereocenters. The predicted molar refractivity (Wildman–Crippen MR) is 67.6 cm³/mol. The lowest BCUT2D eigenvalue weighted by atomic mass is 10.3. The van der Waals surface area contributed by atoms with Crippen LogP contribution in [0.25, 0.3) is 0 Å². The van der Waals surface area contributed by atoms with Gasteiger partial charge in [-0.3, -0.25) is 9.78 Å². The van der Waals surface area contributed by atoms with Gasteiger partial charge in [0.2, 0.25) is 5.91 Å². The monoisotopic (exact) mass is 236 g/mol. The molecule has 94 valence electrons. The van der Waals surface area contributed by atoms with E-state index in [9.17, 15) is 4.79 Å². The summed E-state index contributed by atoms with van der Waals surface area (Å²) in [5.74, 6) is 0.115. The van der Waals surface area contributed by atoms with E-state index in [2.05, 4.69) is 19.1 Å². The van der Waals surface area contributed by atoms with Crippen molar-refractivity contribution >= 4 is 5.91 Å². The van der Waals surface area contributed by atoms with Crippen LogP contribution < -0.4 is 4.90 Å². The number of amides is 1. The van der Waals surface area contributed by atoms with Crippen molar-refractivity contribution in [3.63, 3.8) is 0 Å². The lowest BCUT2D eigenvalue weighted by molar-refractivity contribution is -0.858. The Morgan fingerprint density at radius 3 is 2.71 bits per heavy atom. The molecular formula is C13H22N3O+. The SMILES string of the molecule is CC(=O)N(CCC[NH+](C)C)Cc1ccccn1. The molecule has 1 amide bonds. The molecule has 0 bridgehead atoms. The van der Waals surface area contributed by atoms with Gasteiger partial charge in [0.1, 0.15) is 0 Å². The summed E-state index contributed by atoms with van der Waals surface area (Å²) < 4.78 is 0. The first-order chi connectivity index (χ1) is 8.09. The van der Waals surface area contributed by atoms with Gasteiger partial charge in [0.15, 0.2) is 0 Å². The molecule has 0 atom stereocenters. The maximum absolute atomic E-state index is 11.5. The smallest absolute Gasteiger partial charge is 0.219 e. The van der Waals surface area contributed by atoms with Gasteiger partial charge in [0.05, 0.1) is 32.9 Å². The Kier molecular flexibility index (Phi) is 5.63. The number of aromatic nitrogens is 1. The summed E-state index contributed by atoms with van der Waals surface area (Å²) in [5, 5.41) is 0. The van der Waals surface area contributed by atoms with E-state index in [0.717, 1.165) is 25.2 Å². The number of carbonyl (C=O) groups excluding carboxylic acids is 1. The molecule has 1 aromatic heterocycles. The van der Waals surface area contributed by atoms with Gasteiger partial charge in [-0.2, -0.15) is 0 Å². The van der Waals surface area contributed by atoms with Crippen molar-refractivity contribution in [2.75, 3.05) is 27.2 Å². The lowest BCUT2D eigenvalue weighted by Gasteiger charge is -2.20. The van der Waals surface area contributed by atoms with Crippen LogP contribution in [-0.2, 0) is 11.3 Å². The fourth-order valence-electron chi connectivity index (χ4n) is 1.66. The maximum atomic E-state index is 11.5. The number of carbonyl (C=O) groups is 1. The summed E-state index contributed by atoms with van der Waals surface area (Å²) in [6.45, 7) is 4.10. The normalized spacial score (nSPS) is 10.6. The zero-order chi connectivity index (χ0) is 12.7. The first-order valence-electron chi connectivity index (χ1n) is 6.04. The van der Waals surface area contributed by atoms with Crippen molar-refractivity contribution < 1.29 is 9.69 Å². The van der Waals surface area contributed by atoms with Crippen LogP contribution in [0.15, 0.2) is 24.4 Å².